The lowest BCUT2D eigenvalue weighted by molar-refractivity contribution is 0.328. The minimum absolute atomic E-state index is 0.222. The first-order valence-electron chi connectivity index (χ1n) is 7.24. The van der Waals surface area contributed by atoms with Gasteiger partial charge in [0.2, 0.25) is 0 Å². The molecule has 1 aliphatic rings. The van der Waals surface area contributed by atoms with Crippen LogP contribution in [0.25, 0.3) is 0 Å². The van der Waals surface area contributed by atoms with E-state index in [1.54, 1.807) is 0 Å². The highest BCUT2D eigenvalue weighted by molar-refractivity contribution is 5.37. The van der Waals surface area contributed by atoms with Crippen molar-refractivity contribution >= 4 is 5.82 Å². The van der Waals surface area contributed by atoms with Crippen LogP contribution in [-0.4, -0.2) is 35.4 Å². The molecule has 0 atom stereocenters. The zero-order valence-electron chi connectivity index (χ0n) is 12.6. The monoisotopic (exact) mass is 262 g/mol. The summed E-state index contributed by atoms with van der Waals surface area (Å²) in [4.78, 5) is 2.35. The number of rotatable bonds is 3. The van der Waals surface area contributed by atoms with E-state index in [1.165, 1.54) is 12.8 Å². The molecule has 4 nitrogen and oxygen atoms in total. The second-order valence-electron chi connectivity index (χ2n) is 6.59. The van der Waals surface area contributed by atoms with Crippen molar-refractivity contribution < 1.29 is 0 Å². The van der Waals surface area contributed by atoms with Crippen LogP contribution in [0.5, 0.6) is 0 Å². The third-order valence-corrected chi connectivity index (χ3v) is 3.64. The van der Waals surface area contributed by atoms with Crippen LogP contribution in [0.4, 0.5) is 5.82 Å². The molecule has 1 aromatic heterocycles. The maximum atomic E-state index is 4.27. The lowest BCUT2D eigenvalue weighted by Crippen LogP contribution is -2.43. The number of anilines is 1. The number of piperidine rings is 1. The standard InChI is InChI=1S/C15H26N4/c1-12-5-6-14(18-17-12)19-9-7-13(8-10-19)11-16-15(2,3)4/h5-6,13,16H,7-11H2,1-4H3. The van der Waals surface area contributed by atoms with Gasteiger partial charge in [0.1, 0.15) is 0 Å². The number of nitrogens with one attached hydrogen (secondary N) is 1. The van der Waals surface area contributed by atoms with E-state index in [0.717, 1.165) is 37.1 Å². The van der Waals surface area contributed by atoms with Crippen molar-refractivity contribution in [1.29, 1.82) is 0 Å². The Kier molecular flexibility index (Phi) is 4.40. The molecule has 0 amide bonds. The van der Waals surface area contributed by atoms with Gasteiger partial charge in [-0.15, -0.1) is 5.10 Å². The van der Waals surface area contributed by atoms with Crippen LogP contribution >= 0.6 is 0 Å². The molecule has 0 radical (unpaired) electrons. The molecule has 0 aromatic carbocycles. The predicted octanol–water partition coefficient (Wildman–Crippen LogP) is 2.39. The summed E-state index contributed by atoms with van der Waals surface area (Å²) in [5.41, 5.74) is 1.20. The molecular weight excluding hydrogens is 236 g/mol. The quantitative estimate of drug-likeness (QED) is 0.908. The van der Waals surface area contributed by atoms with Crippen molar-refractivity contribution in [2.75, 3.05) is 24.5 Å². The summed E-state index contributed by atoms with van der Waals surface area (Å²) in [5, 5.41) is 12.0. The van der Waals surface area contributed by atoms with Crippen LogP contribution in [0, 0.1) is 12.8 Å². The number of hydrogen-bond donors (Lipinski definition) is 1. The van der Waals surface area contributed by atoms with E-state index in [-0.39, 0.29) is 5.54 Å². The van der Waals surface area contributed by atoms with Crippen LogP contribution < -0.4 is 10.2 Å². The fourth-order valence-corrected chi connectivity index (χ4v) is 2.38. The summed E-state index contributed by atoms with van der Waals surface area (Å²) in [6.45, 7) is 12.0. The zero-order valence-corrected chi connectivity index (χ0v) is 12.6. The number of nitrogens with zero attached hydrogens (tertiary/aromatic N) is 3. The maximum absolute atomic E-state index is 4.27. The highest BCUT2D eigenvalue weighted by Gasteiger charge is 2.21. The minimum atomic E-state index is 0.222. The smallest absolute Gasteiger partial charge is 0.151 e. The van der Waals surface area contributed by atoms with Crippen LogP contribution in [0.15, 0.2) is 12.1 Å². The minimum Gasteiger partial charge on any atom is -0.355 e. The summed E-state index contributed by atoms with van der Waals surface area (Å²) in [5.74, 6) is 1.81. The third kappa shape index (κ3) is 4.46. The molecule has 2 heterocycles. The van der Waals surface area contributed by atoms with E-state index in [1.807, 2.05) is 13.0 Å². The Labute approximate surface area is 116 Å². The SMILES string of the molecule is Cc1ccc(N2CCC(CNC(C)(C)C)CC2)nn1. The number of hydrogen-bond acceptors (Lipinski definition) is 4. The van der Waals surface area contributed by atoms with E-state index in [4.69, 9.17) is 0 Å². The first-order valence-corrected chi connectivity index (χ1v) is 7.24. The first kappa shape index (κ1) is 14.3. The highest BCUT2D eigenvalue weighted by Crippen LogP contribution is 2.21. The summed E-state index contributed by atoms with van der Waals surface area (Å²) in [7, 11) is 0. The molecule has 0 saturated carbocycles. The van der Waals surface area contributed by atoms with Gasteiger partial charge in [-0.2, -0.15) is 5.10 Å². The Balaban J connectivity index is 1.81. The van der Waals surface area contributed by atoms with Gasteiger partial charge in [0.15, 0.2) is 5.82 Å². The Morgan fingerprint density at radius 1 is 1.21 bits per heavy atom. The topological polar surface area (TPSA) is 41.0 Å². The van der Waals surface area contributed by atoms with Crippen molar-refractivity contribution in [2.45, 2.75) is 46.1 Å². The van der Waals surface area contributed by atoms with Gasteiger partial charge in [0, 0.05) is 18.6 Å². The van der Waals surface area contributed by atoms with Crippen molar-refractivity contribution in [1.82, 2.24) is 15.5 Å². The van der Waals surface area contributed by atoms with E-state index < -0.39 is 0 Å². The molecule has 1 aromatic rings. The van der Waals surface area contributed by atoms with Crippen molar-refractivity contribution in [3.05, 3.63) is 17.8 Å². The molecule has 1 N–H and O–H groups in total. The number of aryl methyl sites for hydroxylation is 1. The Morgan fingerprint density at radius 2 is 1.89 bits per heavy atom. The van der Waals surface area contributed by atoms with E-state index >= 15 is 0 Å². The highest BCUT2D eigenvalue weighted by atomic mass is 15.3. The molecule has 1 fully saturated rings. The zero-order chi connectivity index (χ0) is 13.9. The van der Waals surface area contributed by atoms with Gasteiger partial charge >= 0.3 is 0 Å². The molecule has 0 spiro atoms. The van der Waals surface area contributed by atoms with Gasteiger partial charge in [0.25, 0.3) is 0 Å². The van der Waals surface area contributed by atoms with Gasteiger partial charge in [0.05, 0.1) is 5.69 Å². The molecule has 106 valence electrons. The molecular formula is C15H26N4. The third-order valence-electron chi connectivity index (χ3n) is 3.64. The van der Waals surface area contributed by atoms with Gasteiger partial charge in [-0.1, -0.05) is 0 Å². The Morgan fingerprint density at radius 3 is 2.42 bits per heavy atom. The normalized spacial score (nSPS) is 17.8. The lowest BCUT2D eigenvalue weighted by atomic mass is 9.95. The van der Waals surface area contributed by atoms with E-state index in [9.17, 15) is 0 Å². The molecule has 19 heavy (non-hydrogen) atoms. The van der Waals surface area contributed by atoms with Gasteiger partial charge in [-0.25, -0.2) is 0 Å². The van der Waals surface area contributed by atoms with Gasteiger partial charge in [-0.05, 0) is 65.1 Å². The maximum Gasteiger partial charge on any atom is 0.151 e. The number of aromatic nitrogens is 2. The molecule has 0 aliphatic carbocycles. The van der Waals surface area contributed by atoms with Crippen LogP contribution in [0.1, 0.15) is 39.3 Å². The molecule has 2 rings (SSSR count). The molecule has 4 heteroatoms. The van der Waals surface area contributed by atoms with Gasteiger partial charge in [-0.3, -0.25) is 0 Å². The van der Waals surface area contributed by atoms with Crippen molar-refractivity contribution in [3.63, 3.8) is 0 Å². The van der Waals surface area contributed by atoms with Crippen molar-refractivity contribution in [3.8, 4) is 0 Å². The van der Waals surface area contributed by atoms with Crippen LogP contribution in [0.2, 0.25) is 0 Å². The van der Waals surface area contributed by atoms with Gasteiger partial charge < -0.3 is 10.2 Å². The fraction of sp³-hybridized carbons (Fsp3) is 0.733. The van der Waals surface area contributed by atoms with E-state index in [0.29, 0.717) is 0 Å². The predicted molar refractivity (Wildman–Crippen MR) is 79.5 cm³/mol. The largest absolute Gasteiger partial charge is 0.355 e. The Bertz CT molecular complexity index is 386. The molecule has 1 aliphatic heterocycles. The second kappa shape index (κ2) is 5.87. The lowest BCUT2D eigenvalue weighted by Gasteiger charge is -2.34. The summed E-state index contributed by atoms with van der Waals surface area (Å²) in [6, 6.07) is 4.12. The summed E-state index contributed by atoms with van der Waals surface area (Å²) < 4.78 is 0. The summed E-state index contributed by atoms with van der Waals surface area (Å²) >= 11 is 0. The molecule has 0 bridgehead atoms. The average molecular weight is 262 g/mol. The fourth-order valence-electron chi connectivity index (χ4n) is 2.38. The average Bonchev–Trinajstić information content (AvgIpc) is 2.37. The van der Waals surface area contributed by atoms with Crippen LogP contribution in [0.3, 0.4) is 0 Å². The molecule has 1 saturated heterocycles. The van der Waals surface area contributed by atoms with Crippen LogP contribution in [-0.2, 0) is 0 Å². The van der Waals surface area contributed by atoms with E-state index in [2.05, 4.69) is 47.3 Å². The first-order chi connectivity index (χ1) is 8.94. The Hall–Kier alpha value is -1.16. The molecule has 0 unspecified atom stereocenters. The van der Waals surface area contributed by atoms with Crippen molar-refractivity contribution in [2.24, 2.45) is 5.92 Å². The second-order valence-corrected chi connectivity index (χ2v) is 6.59. The summed E-state index contributed by atoms with van der Waals surface area (Å²) in [6.07, 6.45) is 2.47.